The quantitative estimate of drug-likeness (QED) is 0.756. The molecule has 0 bridgehead atoms. The molecule has 1 aromatic carbocycles. The molecule has 2 rings (SSSR count). The van der Waals surface area contributed by atoms with Gasteiger partial charge in [-0.25, -0.2) is 9.97 Å². The van der Waals surface area contributed by atoms with Gasteiger partial charge < -0.3 is 15.5 Å². The summed E-state index contributed by atoms with van der Waals surface area (Å²) in [6, 6.07) is 9.54. The number of hydrogen-bond donors (Lipinski definition) is 2. The molecule has 2 N–H and O–H groups in total. The molecule has 6 nitrogen and oxygen atoms in total. The fourth-order valence-electron chi connectivity index (χ4n) is 2.65. The minimum Gasteiger partial charge on any atom is -0.356 e. The summed E-state index contributed by atoms with van der Waals surface area (Å²) >= 11 is 0. The van der Waals surface area contributed by atoms with Crippen molar-refractivity contribution in [1.29, 1.82) is 0 Å². The molecule has 1 aromatic heterocycles. The minimum atomic E-state index is -0.0799. The summed E-state index contributed by atoms with van der Waals surface area (Å²) in [4.78, 5) is 22.4. The lowest BCUT2D eigenvalue weighted by Gasteiger charge is -2.23. The number of anilines is 4. The predicted octanol–water partition coefficient (Wildman–Crippen LogP) is 4.11. The number of benzene rings is 1. The van der Waals surface area contributed by atoms with Crippen molar-refractivity contribution in [1.82, 2.24) is 9.97 Å². The molecule has 0 atom stereocenters. The van der Waals surface area contributed by atoms with Gasteiger partial charge in [0.15, 0.2) is 0 Å². The van der Waals surface area contributed by atoms with Crippen LogP contribution >= 0.6 is 0 Å². The van der Waals surface area contributed by atoms with E-state index in [4.69, 9.17) is 0 Å². The Morgan fingerprint density at radius 2 is 1.64 bits per heavy atom. The minimum absolute atomic E-state index is 0.0799. The first-order valence-electron chi connectivity index (χ1n) is 8.77. The molecule has 2 aromatic rings. The molecule has 0 radical (unpaired) electrons. The van der Waals surface area contributed by atoms with Crippen molar-refractivity contribution in [3.8, 4) is 0 Å². The van der Waals surface area contributed by atoms with Gasteiger partial charge in [0.25, 0.3) is 0 Å². The summed E-state index contributed by atoms with van der Waals surface area (Å²) in [5.74, 6) is 2.39. The van der Waals surface area contributed by atoms with Crippen LogP contribution in [0.15, 0.2) is 30.3 Å². The van der Waals surface area contributed by atoms with Gasteiger partial charge in [-0.15, -0.1) is 0 Å². The van der Waals surface area contributed by atoms with E-state index in [1.54, 1.807) is 0 Å². The van der Waals surface area contributed by atoms with E-state index in [0.29, 0.717) is 0 Å². The molecule has 0 fully saturated rings. The van der Waals surface area contributed by atoms with Crippen LogP contribution in [0.3, 0.4) is 0 Å². The first kappa shape index (κ1) is 18.7. The van der Waals surface area contributed by atoms with Crippen LogP contribution < -0.4 is 15.5 Å². The average molecular weight is 341 g/mol. The van der Waals surface area contributed by atoms with Gasteiger partial charge in [-0.2, -0.15) is 0 Å². The third-order valence-corrected chi connectivity index (χ3v) is 3.61. The summed E-state index contributed by atoms with van der Waals surface area (Å²) < 4.78 is 0. The SMILES string of the molecule is CCCN(CCC)c1cc(Nc2ccc(NC(C)=O)cc2)nc(C)n1. The normalized spacial score (nSPS) is 10.4. The van der Waals surface area contributed by atoms with Crippen molar-refractivity contribution in [2.45, 2.75) is 40.5 Å². The second-order valence-corrected chi connectivity index (χ2v) is 6.03. The van der Waals surface area contributed by atoms with Gasteiger partial charge in [-0.05, 0) is 44.0 Å². The number of rotatable bonds is 8. The van der Waals surface area contributed by atoms with Gasteiger partial charge in [-0.1, -0.05) is 13.8 Å². The highest BCUT2D eigenvalue weighted by molar-refractivity contribution is 5.88. The molecule has 134 valence electrons. The van der Waals surface area contributed by atoms with Crippen LogP contribution in [0.25, 0.3) is 0 Å². The Morgan fingerprint density at radius 3 is 2.20 bits per heavy atom. The number of amides is 1. The predicted molar refractivity (Wildman–Crippen MR) is 104 cm³/mol. The Bertz CT molecular complexity index is 693. The van der Waals surface area contributed by atoms with E-state index in [2.05, 4.69) is 39.3 Å². The van der Waals surface area contributed by atoms with E-state index in [1.807, 2.05) is 37.3 Å². The van der Waals surface area contributed by atoms with E-state index in [1.165, 1.54) is 6.92 Å². The molecular weight excluding hydrogens is 314 g/mol. The van der Waals surface area contributed by atoms with E-state index in [9.17, 15) is 4.79 Å². The van der Waals surface area contributed by atoms with Crippen LogP contribution in [0.2, 0.25) is 0 Å². The lowest BCUT2D eigenvalue weighted by Crippen LogP contribution is -2.26. The van der Waals surface area contributed by atoms with Crippen LogP contribution in [0.1, 0.15) is 39.4 Å². The second-order valence-electron chi connectivity index (χ2n) is 6.03. The van der Waals surface area contributed by atoms with E-state index in [0.717, 1.165) is 54.8 Å². The monoisotopic (exact) mass is 341 g/mol. The average Bonchev–Trinajstić information content (AvgIpc) is 2.55. The van der Waals surface area contributed by atoms with Crippen molar-refractivity contribution in [3.63, 3.8) is 0 Å². The highest BCUT2D eigenvalue weighted by Gasteiger charge is 2.09. The molecule has 25 heavy (non-hydrogen) atoms. The number of nitrogens with one attached hydrogen (secondary N) is 2. The number of hydrogen-bond acceptors (Lipinski definition) is 5. The number of aromatic nitrogens is 2. The number of aryl methyl sites for hydroxylation is 1. The lowest BCUT2D eigenvalue weighted by molar-refractivity contribution is -0.114. The topological polar surface area (TPSA) is 70.2 Å². The largest absolute Gasteiger partial charge is 0.356 e. The molecule has 0 aliphatic rings. The molecule has 1 amide bonds. The Hall–Kier alpha value is -2.63. The van der Waals surface area contributed by atoms with Crippen LogP contribution in [0, 0.1) is 6.92 Å². The van der Waals surface area contributed by atoms with Gasteiger partial charge in [0.2, 0.25) is 5.91 Å². The lowest BCUT2D eigenvalue weighted by atomic mass is 10.2. The number of carbonyl (C=O) groups excluding carboxylic acids is 1. The summed E-state index contributed by atoms with van der Waals surface area (Å²) in [5.41, 5.74) is 1.69. The van der Waals surface area contributed by atoms with Crippen LogP contribution in [-0.4, -0.2) is 29.0 Å². The Labute approximate surface area is 149 Å². The van der Waals surface area contributed by atoms with Gasteiger partial charge in [0.1, 0.15) is 17.5 Å². The highest BCUT2D eigenvalue weighted by Crippen LogP contribution is 2.21. The third kappa shape index (κ3) is 5.74. The molecule has 0 saturated heterocycles. The molecule has 6 heteroatoms. The molecule has 0 aliphatic carbocycles. The second kappa shape index (κ2) is 9.01. The smallest absolute Gasteiger partial charge is 0.221 e. The molecule has 0 saturated carbocycles. The van der Waals surface area contributed by atoms with Crippen LogP contribution in [-0.2, 0) is 4.79 Å². The maximum atomic E-state index is 11.1. The molecule has 1 heterocycles. The maximum Gasteiger partial charge on any atom is 0.221 e. The third-order valence-electron chi connectivity index (χ3n) is 3.61. The molecule has 0 unspecified atom stereocenters. The fraction of sp³-hybridized carbons (Fsp3) is 0.421. The number of nitrogens with zero attached hydrogens (tertiary/aromatic N) is 3. The van der Waals surface area contributed by atoms with Crippen molar-refractivity contribution in [3.05, 3.63) is 36.2 Å². The Morgan fingerprint density at radius 1 is 1.04 bits per heavy atom. The summed E-state index contributed by atoms with van der Waals surface area (Å²) in [5, 5.41) is 6.07. The number of carbonyl (C=O) groups is 1. The molecule has 0 spiro atoms. The molecular formula is C19H27N5O. The van der Waals surface area contributed by atoms with Crippen molar-refractivity contribution >= 4 is 28.9 Å². The zero-order valence-electron chi connectivity index (χ0n) is 15.5. The van der Waals surface area contributed by atoms with E-state index >= 15 is 0 Å². The summed E-state index contributed by atoms with van der Waals surface area (Å²) in [7, 11) is 0. The van der Waals surface area contributed by atoms with E-state index < -0.39 is 0 Å². The highest BCUT2D eigenvalue weighted by atomic mass is 16.1. The fourth-order valence-corrected chi connectivity index (χ4v) is 2.65. The first-order valence-corrected chi connectivity index (χ1v) is 8.77. The zero-order valence-corrected chi connectivity index (χ0v) is 15.5. The van der Waals surface area contributed by atoms with E-state index in [-0.39, 0.29) is 5.91 Å². The van der Waals surface area contributed by atoms with Gasteiger partial charge in [-0.3, -0.25) is 4.79 Å². The van der Waals surface area contributed by atoms with Crippen LogP contribution in [0.5, 0.6) is 0 Å². The molecule has 0 aliphatic heterocycles. The Balaban J connectivity index is 2.17. The maximum absolute atomic E-state index is 11.1. The zero-order chi connectivity index (χ0) is 18.2. The van der Waals surface area contributed by atoms with Gasteiger partial charge in [0, 0.05) is 37.5 Å². The Kier molecular flexibility index (Phi) is 6.74. The van der Waals surface area contributed by atoms with Gasteiger partial charge >= 0.3 is 0 Å². The summed E-state index contributed by atoms with van der Waals surface area (Å²) in [6.07, 6.45) is 2.16. The van der Waals surface area contributed by atoms with Crippen molar-refractivity contribution < 1.29 is 4.79 Å². The standard InChI is InChI=1S/C19H27N5O/c1-5-11-24(12-6-2)19-13-18(20-14(3)21-19)23-17-9-7-16(8-10-17)22-15(4)25/h7-10,13H,5-6,11-12H2,1-4H3,(H,22,25)(H,20,21,23). The van der Waals surface area contributed by atoms with Crippen molar-refractivity contribution in [2.75, 3.05) is 28.6 Å². The van der Waals surface area contributed by atoms with Gasteiger partial charge in [0.05, 0.1) is 0 Å². The first-order chi connectivity index (χ1) is 12.0. The van der Waals surface area contributed by atoms with Crippen molar-refractivity contribution in [2.24, 2.45) is 0 Å². The summed E-state index contributed by atoms with van der Waals surface area (Å²) in [6.45, 7) is 9.71. The van der Waals surface area contributed by atoms with Crippen LogP contribution in [0.4, 0.5) is 23.0 Å².